The van der Waals surface area contributed by atoms with E-state index in [1.165, 1.54) is 0 Å². The summed E-state index contributed by atoms with van der Waals surface area (Å²) in [5.41, 5.74) is 5.18. The van der Waals surface area contributed by atoms with Gasteiger partial charge in [-0.15, -0.1) is 24.8 Å². The number of carbonyl (C=O) groups excluding carboxylic acids is 1. The lowest BCUT2D eigenvalue weighted by Gasteiger charge is -2.10. The molecule has 0 spiro atoms. The van der Waals surface area contributed by atoms with E-state index in [-0.39, 0.29) is 30.7 Å². The molecule has 0 aromatic carbocycles. The molecule has 1 saturated carbocycles. The van der Waals surface area contributed by atoms with Crippen molar-refractivity contribution in [1.29, 1.82) is 0 Å². The maximum Gasteiger partial charge on any atom is 0.240 e. The van der Waals surface area contributed by atoms with E-state index in [9.17, 15) is 4.79 Å². The van der Waals surface area contributed by atoms with Crippen LogP contribution in [0.4, 0.5) is 0 Å². The van der Waals surface area contributed by atoms with Gasteiger partial charge in [-0.1, -0.05) is 0 Å². The topological polar surface area (TPSA) is 72.9 Å². The van der Waals surface area contributed by atoms with Gasteiger partial charge in [0, 0.05) is 25.5 Å². The second-order valence-corrected chi connectivity index (χ2v) is 4.08. The highest BCUT2D eigenvalue weighted by atomic mass is 35.5. The van der Waals surface area contributed by atoms with Crippen LogP contribution >= 0.6 is 24.8 Å². The SMILES string of the molecule is Cc1nccn1CCNC(=O)C1(N)CC1.Cl.Cl. The van der Waals surface area contributed by atoms with E-state index in [4.69, 9.17) is 5.73 Å². The Morgan fingerprint density at radius 1 is 1.59 bits per heavy atom. The van der Waals surface area contributed by atoms with E-state index in [0.29, 0.717) is 6.54 Å². The van der Waals surface area contributed by atoms with Crippen LogP contribution in [-0.2, 0) is 11.3 Å². The third kappa shape index (κ3) is 3.87. The second kappa shape index (κ2) is 6.23. The largest absolute Gasteiger partial charge is 0.353 e. The molecule has 0 unspecified atom stereocenters. The van der Waals surface area contributed by atoms with Crippen molar-refractivity contribution >= 4 is 30.7 Å². The molecule has 5 nitrogen and oxygen atoms in total. The van der Waals surface area contributed by atoms with Gasteiger partial charge in [0.25, 0.3) is 0 Å². The third-order valence-electron chi connectivity index (χ3n) is 2.80. The van der Waals surface area contributed by atoms with Crippen molar-refractivity contribution in [3.8, 4) is 0 Å². The number of aromatic nitrogens is 2. The monoisotopic (exact) mass is 280 g/mol. The van der Waals surface area contributed by atoms with Gasteiger partial charge in [-0.3, -0.25) is 4.79 Å². The lowest BCUT2D eigenvalue weighted by atomic mass is 10.3. The number of hydrogen-bond donors (Lipinski definition) is 2. The first-order valence-electron chi connectivity index (χ1n) is 5.17. The predicted octanol–water partition coefficient (Wildman–Crippen LogP) is 0.643. The summed E-state index contributed by atoms with van der Waals surface area (Å²) in [6.45, 7) is 3.29. The Hall–Kier alpha value is -0.780. The molecule has 98 valence electrons. The van der Waals surface area contributed by atoms with E-state index >= 15 is 0 Å². The molecule has 7 heteroatoms. The zero-order valence-corrected chi connectivity index (χ0v) is 11.3. The average Bonchev–Trinajstić information content (AvgIpc) is 2.83. The molecule has 17 heavy (non-hydrogen) atoms. The number of halogens is 2. The Kier molecular flexibility index (Phi) is 5.95. The number of imidazole rings is 1. The maximum atomic E-state index is 11.5. The number of amides is 1. The minimum Gasteiger partial charge on any atom is -0.353 e. The van der Waals surface area contributed by atoms with Crippen LogP contribution < -0.4 is 11.1 Å². The Balaban J connectivity index is 0.00000128. The molecule has 1 aromatic rings. The molecule has 0 saturated heterocycles. The number of nitrogens with zero attached hydrogens (tertiary/aromatic N) is 2. The van der Waals surface area contributed by atoms with E-state index in [2.05, 4.69) is 10.3 Å². The molecule has 0 aliphatic heterocycles. The quantitative estimate of drug-likeness (QED) is 0.850. The molecule has 1 aliphatic rings. The summed E-state index contributed by atoms with van der Waals surface area (Å²) in [6, 6.07) is 0. The normalized spacial score (nSPS) is 15.4. The minimum absolute atomic E-state index is 0. The van der Waals surface area contributed by atoms with Crippen LogP contribution in [0.2, 0.25) is 0 Å². The number of aryl methyl sites for hydroxylation is 1. The number of carbonyl (C=O) groups is 1. The summed E-state index contributed by atoms with van der Waals surface area (Å²) in [5, 5.41) is 2.84. The lowest BCUT2D eigenvalue weighted by molar-refractivity contribution is -0.123. The van der Waals surface area contributed by atoms with Crippen LogP contribution in [0.1, 0.15) is 18.7 Å². The van der Waals surface area contributed by atoms with Crippen molar-refractivity contribution in [2.45, 2.75) is 31.8 Å². The third-order valence-corrected chi connectivity index (χ3v) is 2.80. The van der Waals surface area contributed by atoms with Gasteiger partial charge >= 0.3 is 0 Å². The van der Waals surface area contributed by atoms with Gasteiger partial charge in [0.15, 0.2) is 0 Å². The van der Waals surface area contributed by atoms with E-state index in [1.54, 1.807) is 6.20 Å². The lowest BCUT2D eigenvalue weighted by Crippen LogP contribution is -2.43. The van der Waals surface area contributed by atoms with Gasteiger partial charge in [-0.2, -0.15) is 0 Å². The van der Waals surface area contributed by atoms with Gasteiger partial charge in [-0.05, 0) is 19.8 Å². The molecule has 3 N–H and O–H groups in total. The van der Waals surface area contributed by atoms with Crippen molar-refractivity contribution in [3.05, 3.63) is 18.2 Å². The highest BCUT2D eigenvalue weighted by Crippen LogP contribution is 2.31. The van der Waals surface area contributed by atoms with Gasteiger partial charge in [0.1, 0.15) is 5.82 Å². The van der Waals surface area contributed by atoms with Crippen LogP contribution in [0, 0.1) is 6.92 Å². The smallest absolute Gasteiger partial charge is 0.240 e. The molecule has 1 aromatic heterocycles. The minimum atomic E-state index is -0.565. The molecule has 0 atom stereocenters. The number of nitrogens with two attached hydrogens (primary N) is 1. The standard InChI is InChI=1S/C10H16N4O.2ClH/c1-8-12-4-6-14(8)7-5-13-9(15)10(11)2-3-10;;/h4,6H,2-3,5,7,11H2,1H3,(H,13,15);2*1H. The summed E-state index contributed by atoms with van der Waals surface area (Å²) in [6.07, 6.45) is 5.27. The Morgan fingerprint density at radius 3 is 2.71 bits per heavy atom. The van der Waals surface area contributed by atoms with Crippen molar-refractivity contribution in [2.75, 3.05) is 6.54 Å². The first-order valence-corrected chi connectivity index (χ1v) is 5.17. The summed E-state index contributed by atoms with van der Waals surface area (Å²) < 4.78 is 2.00. The fraction of sp³-hybridized carbons (Fsp3) is 0.600. The number of nitrogens with one attached hydrogen (secondary N) is 1. The van der Waals surface area contributed by atoms with Crippen molar-refractivity contribution < 1.29 is 4.79 Å². The van der Waals surface area contributed by atoms with Crippen molar-refractivity contribution in [2.24, 2.45) is 5.73 Å². The molecule has 0 bridgehead atoms. The van der Waals surface area contributed by atoms with Crippen LogP contribution in [0.3, 0.4) is 0 Å². The van der Waals surface area contributed by atoms with E-state index < -0.39 is 5.54 Å². The first-order chi connectivity index (χ1) is 7.12. The highest BCUT2D eigenvalue weighted by Gasteiger charge is 2.45. The molecule has 1 heterocycles. The predicted molar refractivity (Wildman–Crippen MR) is 70.6 cm³/mol. The van der Waals surface area contributed by atoms with Crippen LogP contribution in [-0.4, -0.2) is 27.5 Å². The van der Waals surface area contributed by atoms with Crippen LogP contribution in [0.5, 0.6) is 0 Å². The highest BCUT2D eigenvalue weighted by molar-refractivity contribution is 5.88. The molecule has 1 aliphatic carbocycles. The van der Waals surface area contributed by atoms with Gasteiger partial charge in [-0.25, -0.2) is 4.98 Å². The second-order valence-electron chi connectivity index (χ2n) is 4.08. The van der Waals surface area contributed by atoms with Crippen molar-refractivity contribution in [1.82, 2.24) is 14.9 Å². The fourth-order valence-electron chi connectivity index (χ4n) is 1.47. The Labute approximate surface area is 113 Å². The van der Waals surface area contributed by atoms with Gasteiger partial charge in [0.05, 0.1) is 5.54 Å². The Bertz CT molecular complexity index is 376. The molecular formula is C10H18Cl2N4O. The molecular weight excluding hydrogens is 263 g/mol. The van der Waals surface area contributed by atoms with Crippen LogP contribution in [0.25, 0.3) is 0 Å². The zero-order chi connectivity index (χ0) is 10.9. The summed E-state index contributed by atoms with van der Waals surface area (Å²) >= 11 is 0. The molecule has 0 radical (unpaired) electrons. The van der Waals surface area contributed by atoms with Gasteiger partial charge in [0.2, 0.25) is 5.91 Å². The molecule has 1 amide bonds. The Morgan fingerprint density at radius 2 is 2.24 bits per heavy atom. The summed E-state index contributed by atoms with van der Waals surface area (Å²) in [5.74, 6) is 0.929. The van der Waals surface area contributed by atoms with Crippen LogP contribution in [0.15, 0.2) is 12.4 Å². The number of hydrogen-bond acceptors (Lipinski definition) is 3. The average molecular weight is 281 g/mol. The van der Waals surface area contributed by atoms with Crippen molar-refractivity contribution in [3.63, 3.8) is 0 Å². The summed E-state index contributed by atoms with van der Waals surface area (Å²) in [4.78, 5) is 15.6. The fourth-order valence-corrected chi connectivity index (χ4v) is 1.47. The van der Waals surface area contributed by atoms with Gasteiger partial charge < -0.3 is 15.6 Å². The zero-order valence-electron chi connectivity index (χ0n) is 9.68. The summed E-state index contributed by atoms with van der Waals surface area (Å²) in [7, 11) is 0. The molecule has 1 fully saturated rings. The number of rotatable bonds is 4. The molecule has 2 rings (SSSR count). The van der Waals surface area contributed by atoms with E-state index in [1.807, 2.05) is 17.7 Å². The maximum absolute atomic E-state index is 11.5. The first kappa shape index (κ1) is 16.2. The van der Waals surface area contributed by atoms with E-state index in [0.717, 1.165) is 25.2 Å².